The highest BCUT2D eigenvalue weighted by atomic mass is 79.9. The summed E-state index contributed by atoms with van der Waals surface area (Å²) >= 11 is 3.64. The molecule has 1 atom stereocenters. The van der Waals surface area contributed by atoms with Gasteiger partial charge in [0, 0.05) is 97.6 Å². The minimum Gasteiger partial charge on any atom is -0.494 e. The molecule has 13 heteroatoms. The number of halogens is 1. The van der Waals surface area contributed by atoms with Gasteiger partial charge >= 0.3 is 0 Å². The summed E-state index contributed by atoms with van der Waals surface area (Å²) in [4.78, 5) is 27.9. The van der Waals surface area contributed by atoms with Gasteiger partial charge in [-0.1, -0.05) is 7.92 Å². The lowest BCUT2D eigenvalue weighted by atomic mass is 10.0. The second kappa shape index (κ2) is 13.6. The van der Waals surface area contributed by atoms with Gasteiger partial charge in [-0.3, -0.25) is 19.9 Å². The Morgan fingerprint density at radius 3 is 2.73 bits per heavy atom. The average molecular weight is 690 g/mol. The van der Waals surface area contributed by atoms with Gasteiger partial charge in [0.15, 0.2) is 0 Å². The molecule has 4 N–H and O–H groups in total. The van der Waals surface area contributed by atoms with Crippen LogP contribution in [-0.2, 0) is 0 Å². The van der Waals surface area contributed by atoms with Crippen LogP contribution in [0.3, 0.4) is 0 Å². The number of fused-ring (bicyclic) bond motifs is 2. The Hall–Kier alpha value is -3.86. The molecule has 2 aromatic heterocycles. The van der Waals surface area contributed by atoms with Crippen molar-refractivity contribution in [3.63, 3.8) is 0 Å². The van der Waals surface area contributed by atoms with Gasteiger partial charge in [0.2, 0.25) is 5.95 Å². The molecule has 45 heavy (non-hydrogen) atoms. The van der Waals surface area contributed by atoms with Crippen LogP contribution in [0.5, 0.6) is 5.75 Å². The van der Waals surface area contributed by atoms with Crippen molar-refractivity contribution in [1.82, 2.24) is 24.8 Å². The van der Waals surface area contributed by atoms with Crippen LogP contribution in [-0.4, -0.2) is 90.8 Å². The molecule has 2 saturated heterocycles. The number of aromatic nitrogens is 4. The largest absolute Gasteiger partial charge is 0.494 e. The summed E-state index contributed by atoms with van der Waals surface area (Å²) in [5.74, 6) is 1.73. The number of nitrogens with one attached hydrogen (secondary N) is 2. The lowest BCUT2D eigenvalue weighted by Gasteiger charge is -2.40. The maximum atomic E-state index is 6.15. The molecule has 0 amide bonds. The van der Waals surface area contributed by atoms with E-state index in [1.165, 1.54) is 19.4 Å². The Morgan fingerprint density at radius 1 is 1.11 bits per heavy atom. The van der Waals surface area contributed by atoms with E-state index >= 15 is 0 Å². The molecule has 2 aromatic carbocycles. The highest BCUT2D eigenvalue weighted by Gasteiger charge is 2.32. The number of hydrogen-bond donors (Lipinski definition) is 3. The first-order valence-corrected chi connectivity index (χ1v) is 18.0. The number of anilines is 5. The first kappa shape index (κ1) is 31.1. The molecule has 0 saturated carbocycles. The maximum Gasteiger partial charge on any atom is 0.229 e. The average Bonchev–Trinajstić information content (AvgIpc) is 3.53. The lowest BCUT2D eigenvalue weighted by molar-refractivity contribution is 0.231. The van der Waals surface area contributed by atoms with Crippen molar-refractivity contribution in [3.8, 4) is 5.75 Å². The number of nitrogens with two attached hydrogens (primary N) is 1. The highest BCUT2D eigenvalue weighted by Crippen LogP contribution is 2.40. The smallest absolute Gasteiger partial charge is 0.229 e. The fourth-order valence-electron chi connectivity index (χ4n) is 6.22. The molecule has 11 nitrogen and oxygen atoms in total. The minimum atomic E-state index is -0.492. The number of piperazine rings is 1. The van der Waals surface area contributed by atoms with E-state index in [1.807, 2.05) is 12.1 Å². The van der Waals surface area contributed by atoms with Crippen LogP contribution in [0.1, 0.15) is 18.4 Å². The third kappa shape index (κ3) is 6.45. The van der Waals surface area contributed by atoms with E-state index in [9.17, 15) is 0 Å². The molecule has 234 valence electrons. The van der Waals surface area contributed by atoms with E-state index < -0.39 is 7.92 Å². The third-order valence-corrected chi connectivity index (χ3v) is 10.2. The Kier molecular flexibility index (Phi) is 9.44. The predicted octanol–water partition coefficient (Wildman–Crippen LogP) is 5.33. The van der Waals surface area contributed by atoms with E-state index in [2.05, 4.69) is 81.8 Å². The normalized spacial score (nSPS) is 17.3. The second-order valence-electron chi connectivity index (χ2n) is 11.3. The second-order valence-corrected chi connectivity index (χ2v) is 14.4. The van der Waals surface area contributed by atoms with Crippen LogP contribution >= 0.6 is 23.9 Å². The zero-order valence-electron chi connectivity index (χ0n) is 26.0. The Morgan fingerprint density at radius 2 is 1.96 bits per heavy atom. The number of aliphatic imine (C=N–C) groups is 1. The summed E-state index contributed by atoms with van der Waals surface area (Å²) in [7, 11) is 2.94. The van der Waals surface area contributed by atoms with E-state index in [0.29, 0.717) is 23.6 Å². The first-order chi connectivity index (χ1) is 21.9. The van der Waals surface area contributed by atoms with Crippen LogP contribution < -0.4 is 31.3 Å². The van der Waals surface area contributed by atoms with Gasteiger partial charge in [0.05, 0.1) is 28.3 Å². The van der Waals surface area contributed by atoms with Gasteiger partial charge in [-0.15, -0.1) is 0 Å². The van der Waals surface area contributed by atoms with Crippen LogP contribution in [0.15, 0.2) is 58.5 Å². The van der Waals surface area contributed by atoms with E-state index in [1.54, 1.807) is 45.2 Å². The van der Waals surface area contributed by atoms with E-state index in [4.69, 9.17) is 15.5 Å². The van der Waals surface area contributed by atoms with E-state index in [-0.39, 0.29) is 0 Å². The number of allylic oxidation sites excluding steroid dienone is 1. The summed E-state index contributed by atoms with van der Waals surface area (Å²) in [5, 5.41) is 8.06. The molecule has 0 radical (unpaired) electrons. The molecular formula is C32H38BrN10OP. The number of hydrogen-bond acceptors (Lipinski definition) is 11. The Balaban J connectivity index is 1.35. The standard InChI is InChI=1S/C32H38BrN10OP/c1-35-17-20(16-34)22-14-26(28(44-2)15-27(22)43-13-12-42-11-5-6-21(42)19-43)40-32-38-18-23(33)31(41-32)39-25-8-7-24-29(30(25)45(3)4)37-10-9-36-24/h7-10,14-18,21H,5-6,11-13,19,34H2,1-4H3,(H2,38,39,40,41). The van der Waals surface area contributed by atoms with Crippen LogP contribution in [0.25, 0.3) is 16.6 Å². The van der Waals surface area contributed by atoms with Crippen molar-refractivity contribution < 1.29 is 4.74 Å². The molecule has 1 unspecified atom stereocenters. The van der Waals surface area contributed by atoms with Gasteiger partial charge in [0.25, 0.3) is 0 Å². The molecule has 6 rings (SSSR count). The zero-order valence-corrected chi connectivity index (χ0v) is 28.4. The van der Waals surface area contributed by atoms with Crippen molar-refractivity contribution >= 4 is 80.8 Å². The van der Waals surface area contributed by atoms with Crippen molar-refractivity contribution in [2.24, 2.45) is 10.7 Å². The summed E-state index contributed by atoms with van der Waals surface area (Å²) < 4.78 is 6.65. The molecule has 2 aliphatic heterocycles. The molecule has 2 aliphatic rings. The van der Waals surface area contributed by atoms with Gasteiger partial charge in [-0.2, -0.15) is 4.98 Å². The van der Waals surface area contributed by atoms with Gasteiger partial charge < -0.3 is 26.0 Å². The number of benzene rings is 2. The summed E-state index contributed by atoms with van der Waals surface area (Å²) in [6.45, 7) is 8.55. The van der Waals surface area contributed by atoms with Gasteiger partial charge in [-0.25, -0.2) is 4.98 Å². The molecule has 0 bridgehead atoms. The Bertz CT molecular complexity index is 1760. The van der Waals surface area contributed by atoms with Gasteiger partial charge in [-0.05, 0) is 66.8 Å². The third-order valence-electron chi connectivity index (χ3n) is 8.31. The number of rotatable bonds is 9. The summed E-state index contributed by atoms with van der Waals surface area (Å²) in [5.41, 5.74) is 12.4. The first-order valence-electron chi connectivity index (χ1n) is 14.9. The molecule has 0 spiro atoms. The molecular weight excluding hydrogens is 651 g/mol. The SMILES string of the molecule is CN=CC(=CN)c1cc(Nc2ncc(Br)c(Nc3ccc4nccnc4c3P(C)C)n2)c(OC)cc1N1CCN2CCCC2C1. The lowest BCUT2D eigenvalue weighted by Crippen LogP contribution is -2.50. The van der Waals surface area contributed by atoms with Gasteiger partial charge in [0.1, 0.15) is 11.6 Å². The molecule has 4 aromatic rings. The van der Waals surface area contributed by atoms with E-state index in [0.717, 1.165) is 68.6 Å². The van der Waals surface area contributed by atoms with Crippen LogP contribution in [0.2, 0.25) is 0 Å². The number of ether oxygens (including phenoxy) is 1. The highest BCUT2D eigenvalue weighted by molar-refractivity contribution is 9.10. The zero-order chi connectivity index (χ0) is 31.5. The number of methoxy groups -OCH3 is 1. The fourth-order valence-corrected chi connectivity index (χ4v) is 7.72. The van der Waals surface area contributed by atoms with Crippen LogP contribution in [0.4, 0.5) is 28.8 Å². The van der Waals surface area contributed by atoms with Crippen molar-refractivity contribution in [1.29, 1.82) is 0 Å². The predicted molar refractivity (Wildman–Crippen MR) is 191 cm³/mol. The van der Waals surface area contributed by atoms with Crippen molar-refractivity contribution in [3.05, 3.63) is 59.1 Å². The topological polar surface area (TPSA) is 130 Å². The van der Waals surface area contributed by atoms with Crippen LogP contribution in [0, 0.1) is 0 Å². The fraction of sp³-hybridized carbons (Fsp3) is 0.344. The molecule has 2 fully saturated rings. The maximum absolute atomic E-state index is 6.15. The summed E-state index contributed by atoms with van der Waals surface area (Å²) in [6.07, 6.45) is 11.1. The quantitative estimate of drug-likeness (QED) is 0.157. The Labute approximate surface area is 273 Å². The molecule has 0 aliphatic carbocycles. The van der Waals surface area contributed by atoms with Crippen molar-refractivity contribution in [2.75, 3.05) is 69.2 Å². The monoisotopic (exact) mass is 688 g/mol. The summed E-state index contributed by atoms with van der Waals surface area (Å²) in [6, 6.07) is 8.71. The molecule has 4 heterocycles. The van der Waals surface area contributed by atoms with Crippen molar-refractivity contribution in [2.45, 2.75) is 18.9 Å². The number of nitrogens with zero attached hydrogens (tertiary/aromatic N) is 7. The minimum absolute atomic E-state index is 0.414.